The molecule has 1 N–H and O–H groups in total. The van der Waals surface area contributed by atoms with Crippen LogP contribution < -0.4 is 0 Å². The molecule has 0 heterocycles. The highest BCUT2D eigenvalue weighted by Gasteiger charge is 2.09. The molecule has 0 bridgehead atoms. The fourth-order valence-corrected chi connectivity index (χ4v) is 1.73. The van der Waals surface area contributed by atoms with Crippen molar-refractivity contribution in [3.8, 4) is 0 Å². The van der Waals surface area contributed by atoms with E-state index in [1.54, 1.807) is 18.2 Å². The van der Waals surface area contributed by atoms with E-state index in [4.69, 9.17) is 5.11 Å². The number of carbonyl (C=O) groups excluding carboxylic acids is 1. The Morgan fingerprint density at radius 2 is 1.87 bits per heavy atom. The molecule has 0 amide bonds. The summed E-state index contributed by atoms with van der Waals surface area (Å²) in [5.41, 5.74) is 0.614. The van der Waals surface area contributed by atoms with Crippen molar-refractivity contribution in [1.29, 1.82) is 0 Å². The van der Waals surface area contributed by atoms with Gasteiger partial charge < -0.3 is 5.11 Å². The Labute approximate surface area is 96.2 Å². The second kappa shape index (κ2) is 5.66. The monoisotopic (exact) mass is 270 g/mol. The van der Waals surface area contributed by atoms with Crippen molar-refractivity contribution in [2.45, 2.75) is 19.3 Å². The van der Waals surface area contributed by atoms with Crippen LogP contribution in [0.25, 0.3) is 0 Å². The van der Waals surface area contributed by atoms with Crippen LogP contribution in [0.3, 0.4) is 0 Å². The van der Waals surface area contributed by atoms with Crippen LogP contribution in [0, 0.1) is 0 Å². The van der Waals surface area contributed by atoms with Crippen LogP contribution in [0.5, 0.6) is 0 Å². The van der Waals surface area contributed by atoms with Crippen LogP contribution in [0.1, 0.15) is 29.6 Å². The zero-order valence-electron chi connectivity index (χ0n) is 8.07. The van der Waals surface area contributed by atoms with E-state index in [-0.39, 0.29) is 18.6 Å². The molecule has 0 atom stereocenters. The molecule has 0 aliphatic rings. The molecular formula is C11H11BrO3. The first kappa shape index (κ1) is 11.9. The number of ketones is 1. The number of halogens is 1. The summed E-state index contributed by atoms with van der Waals surface area (Å²) in [4.78, 5) is 21.9. The summed E-state index contributed by atoms with van der Waals surface area (Å²) in [7, 11) is 0. The maximum Gasteiger partial charge on any atom is 0.303 e. The van der Waals surface area contributed by atoms with Gasteiger partial charge in [0.15, 0.2) is 5.78 Å². The van der Waals surface area contributed by atoms with Crippen molar-refractivity contribution in [1.82, 2.24) is 0 Å². The van der Waals surface area contributed by atoms with Gasteiger partial charge in [0, 0.05) is 22.9 Å². The molecule has 0 saturated heterocycles. The van der Waals surface area contributed by atoms with Crippen molar-refractivity contribution in [2.75, 3.05) is 0 Å². The maximum atomic E-state index is 11.6. The average Bonchev–Trinajstić information content (AvgIpc) is 2.17. The third-order valence-corrected chi connectivity index (χ3v) is 2.66. The molecule has 0 aromatic heterocycles. The Morgan fingerprint density at radius 1 is 1.20 bits per heavy atom. The molecule has 0 fully saturated rings. The first-order valence-corrected chi connectivity index (χ1v) is 5.40. The molecule has 3 nitrogen and oxygen atoms in total. The summed E-state index contributed by atoms with van der Waals surface area (Å²) < 4.78 is 0.755. The van der Waals surface area contributed by atoms with Gasteiger partial charge in [-0.2, -0.15) is 0 Å². The minimum Gasteiger partial charge on any atom is -0.481 e. The second-order valence-electron chi connectivity index (χ2n) is 3.15. The predicted octanol–water partition coefficient (Wildman–Crippen LogP) is 2.89. The zero-order valence-corrected chi connectivity index (χ0v) is 9.66. The maximum absolute atomic E-state index is 11.6. The van der Waals surface area contributed by atoms with Crippen LogP contribution in [-0.4, -0.2) is 16.9 Å². The van der Waals surface area contributed by atoms with E-state index in [1.807, 2.05) is 6.07 Å². The molecule has 0 aliphatic heterocycles. The smallest absolute Gasteiger partial charge is 0.303 e. The molecule has 4 heteroatoms. The number of Topliss-reactive ketones (excluding diaryl/α,β-unsaturated/α-hetero) is 1. The summed E-state index contributed by atoms with van der Waals surface area (Å²) in [6, 6.07) is 7.14. The largest absolute Gasteiger partial charge is 0.481 e. The number of aliphatic carboxylic acids is 1. The number of carboxylic acid groups (broad SMARTS) is 1. The number of hydrogen-bond acceptors (Lipinski definition) is 2. The highest BCUT2D eigenvalue weighted by atomic mass is 79.9. The molecule has 1 aromatic rings. The van der Waals surface area contributed by atoms with Crippen LogP contribution in [0.15, 0.2) is 28.7 Å². The van der Waals surface area contributed by atoms with Crippen molar-refractivity contribution >= 4 is 27.7 Å². The van der Waals surface area contributed by atoms with E-state index < -0.39 is 5.97 Å². The van der Waals surface area contributed by atoms with E-state index >= 15 is 0 Å². The average molecular weight is 271 g/mol. The summed E-state index contributed by atoms with van der Waals surface area (Å²) in [5.74, 6) is -0.890. The highest BCUT2D eigenvalue weighted by molar-refractivity contribution is 9.10. The topological polar surface area (TPSA) is 54.4 Å². The number of hydrogen-bond donors (Lipinski definition) is 1. The van der Waals surface area contributed by atoms with Gasteiger partial charge in [0.2, 0.25) is 0 Å². The van der Waals surface area contributed by atoms with E-state index in [2.05, 4.69) is 15.9 Å². The Kier molecular flexibility index (Phi) is 4.49. The Hall–Kier alpha value is -1.16. The van der Waals surface area contributed by atoms with Crippen LogP contribution in [0.2, 0.25) is 0 Å². The standard InChI is InChI=1S/C11H11BrO3/c12-9-5-2-1-4-8(9)10(13)6-3-7-11(14)15/h1-2,4-5H,3,6-7H2,(H,14,15). The van der Waals surface area contributed by atoms with Gasteiger partial charge in [-0.1, -0.05) is 34.1 Å². The fourth-order valence-electron chi connectivity index (χ4n) is 1.22. The molecule has 80 valence electrons. The van der Waals surface area contributed by atoms with E-state index in [0.717, 1.165) is 4.47 Å². The summed E-state index contributed by atoms with van der Waals surface area (Å²) in [6.45, 7) is 0. The fraction of sp³-hybridized carbons (Fsp3) is 0.273. The van der Waals surface area contributed by atoms with E-state index in [1.165, 1.54) is 0 Å². The first-order chi connectivity index (χ1) is 7.11. The van der Waals surface area contributed by atoms with Crippen molar-refractivity contribution in [3.63, 3.8) is 0 Å². The molecule has 0 aliphatic carbocycles. The molecule has 0 unspecified atom stereocenters. The normalized spacial score (nSPS) is 9.93. The van der Waals surface area contributed by atoms with Crippen LogP contribution >= 0.6 is 15.9 Å². The molecule has 1 aromatic carbocycles. The van der Waals surface area contributed by atoms with Crippen molar-refractivity contribution in [3.05, 3.63) is 34.3 Å². The Balaban J connectivity index is 2.54. The lowest BCUT2D eigenvalue weighted by Crippen LogP contribution is -2.02. The van der Waals surface area contributed by atoms with Crippen molar-refractivity contribution < 1.29 is 14.7 Å². The van der Waals surface area contributed by atoms with Crippen LogP contribution in [-0.2, 0) is 4.79 Å². The molecule has 0 spiro atoms. The Morgan fingerprint density at radius 3 is 2.47 bits per heavy atom. The first-order valence-electron chi connectivity index (χ1n) is 4.61. The molecule has 0 radical (unpaired) electrons. The number of rotatable bonds is 5. The number of carbonyl (C=O) groups is 2. The molecular weight excluding hydrogens is 260 g/mol. The van der Waals surface area contributed by atoms with Crippen LogP contribution in [0.4, 0.5) is 0 Å². The Bertz CT molecular complexity index is 374. The number of benzene rings is 1. The minimum atomic E-state index is -0.866. The predicted molar refractivity (Wildman–Crippen MR) is 60.0 cm³/mol. The molecule has 0 saturated carbocycles. The summed E-state index contributed by atoms with van der Waals surface area (Å²) >= 11 is 3.28. The van der Waals surface area contributed by atoms with Gasteiger partial charge in [0.25, 0.3) is 0 Å². The number of carboxylic acids is 1. The minimum absolute atomic E-state index is 0.0243. The van der Waals surface area contributed by atoms with Gasteiger partial charge in [-0.25, -0.2) is 0 Å². The third-order valence-electron chi connectivity index (χ3n) is 1.97. The van der Waals surface area contributed by atoms with E-state index in [0.29, 0.717) is 12.0 Å². The van der Waals surface area contributed by atoms with E-state index in [9.17, 15) is 9.59 Å². The van der Waals surface area contributed by atoms with Crippen molar-refractivity contribution in [2.24, 2.45) is 0 Å². The lowest BCUT2D eigenvalue weighted by molar-refractivity contribution is -0.137. The van der Waals surface area contributed by atoms with Gasteiger partial charge in [0.1, 0.15) is 0 Å². The third kappa shape index (κ3) is 3.83. The highest BCUT2D eigenvalue weighted by Crippen LogP contribution is 2.18. The zero-order chi connectivity index (χ0) is 11.3. The SMILES string of the molecule is O=C(O)CCCC(=O)c1ccccc1Br. The quantitative estimate of drug-likeness (QED) is 0.838. The lowest BCUT2D eigenvalue weighted by Gasteiger charge is -2.02. The molecule has 1 rings (SSSR count). The van der Waals surface area contributed by atoms with Gasteiger partial charge >= 0.3 is 5.97 Å². The second-order valence-corrected chi connectivity index (χ2v) is 4.00. The molecule has 15 heavy (non-hydrogen) atoms. The lowest BCUT2D eigenvalue weighted by atomic mass is 10.1. The summed E-state index contributed by atoms with van der Waals surface area (Å²) in [5, 5.41) is 8.43. The van der Waals surface area contributed by atoms with Gasteiger partial charge in [-0.15, -0.1) is 0 Å². The van der Waals surface area contributed by atoms with Gasteiger partial charge in [0.05, 0.1) is 0 Å². The summed E-state index contributed by atoms with van der Waals surface area (Å²) in [6.07, 6.45) is 0.695. The van der Waals surface area contributed by atoms with Gasteiger partial charge in [-0.05, 0) is 12.5 Å². The van der Waals surface area contributed by atoms with Gasteiger partial charge in [-0.3, -0.25) is 9.59 Å².